The quantitative estimate of drug-likeness (QED) is 0.774. The van der Waals surface area contributed by atoms with E-state index in [9.17, 15) is 27.9 Å². The number of hydrogen-bond acceptors (Lipinski definition) is 4. The summed E-state index contributed by atoms with van der Waals surface area (Å²) >= 11 is 0. The number of fused-ring (bicyclic) bond motifs is 2. The number of amides is 1. The lowest BCUT2D eigenvalue weighted by molar-refractivity contribution is -0.229. The van der Waals surface area contributed by atoms with Crippen molar-refractivity contribution in [3.05, 3.63) is 27.7 Å². The van der Waals surface area contributed by atoms with Gasteiger partial charge in [0.15, 0.2) is 17.7 Å². The molecule has 3 heterocycles. The molecule has 1 N–H and O–H groups in total. The number of carbonyl (C=O) groups excluding carboxylic acids is 1. The highest BCUT2D eigenvalue weighted by molar-refractivity contribution is 5.96. The molecule has 0 radical (unpaired) electrons. The lowest BCUT2D eigenvalue weighted by Crippen LogP contribution is -2.61. The molecule has 2 aliphatic heterocycles. The predicted octanol–water partition coefficient (Wildman–Crippen LogP) is 0.995. The summed E-state index contributed by atoms with van der Waals surface area (Å²) in [6.07, 6.45) is -4.70. The van der Waals surface area contributed by atoms with Crippen LogP contribution < -0.4 is 5.43 Å². The Hall–Kier alpha value is -2.03. The molecule has 120 valence electrons. The number of carbonyl (C=O) groups is 1. The van der Waals surface area contributed by atoms with Crippen molar-refractivity contribution in [1.29, 1.82) is 0 Å². The number of aryl methyl sites for hydroxylation is 1. The van der Waals surface area contributed by atoms with Gasteiger partial charge in [-0.3, -0.25) is 14.5 Å². The summed E-state index contributed by atoms with van der Waals surface area (Å²) < 4.78 is 45.9. The van der Waals surface area contributed by atoms with Crippen LogP contribution in [0.2, 0.25) is 0 Å². The number of halogens is 3. The highest BCUT2D eigenvalue weighted by atomic mass is 19.4. The van der Waals surface area contributed by atoms with E-state index < -0.39 is 41.2 Å². The van der Waals surface area contributed by atoms with E-state index in [1.807, 2.05) is 0 Å². The van der Waals surface area contributed by atoms with Gasteiger partial charge in [0.25, 0.3) is 5.91 Å². The average molecular weight is 318 g/mol. The van der Waals surface area contributed by atoms with Gasteiger partial charge >= 0.3 is 6.18 Å². The van der Waals surface area contributed by atoms with Gasteiger partial charge in [0.05, 0.1) is 13.2 Å². The van der Waals surface area contributed by atoms with E-state index in [4.69, 9.17) is 4.74 Å². The Morgan fingerprint density at radius 2 is 2.05 bits per heavy atom. The molecule has 1 amide bonds. The van der Waals surface area contributed by atoms with Gasteiger partial charge in [0, 0.05) is 18.2 Å². The Morgan fingerprint density at radius 3 is 2.68 bits per heavy atom. The first-order chi connectivity index (χ1) is 10.2. The molecule has 1 saturated heterocycles. The monoisotopic (exact) mass is 318 g/mol. The fourth-order valence-corrected chi connectivity index (χ4v) is 2.92. The molecule has 0 spiro atoms. The van der Waals surface area contributed by atoms with Gasteiger partial charge < -0.3 is 14.4 Å². The second-order valence-electron chi connectivity index (χ2n) is 5.37. The summed E-state index contributed by atoms with van der Waals surface area (Å²) in [5.74, 6) is -1.87. The molecule has 1 fully saturated rings. The second-order valence-corrected chi connectivity index (χ2v) is 5.37. The molecular formula is C13H13F3N2O4. The topological polar surface area (TPSA) is 71.8 Å². The van der Waals surface area contributed by atoms with Crippen LogP contribution in [0, 0.1) is 6.92 Å². The number of nitrogens with zero attached hydrogens (tertiary/aromatic N) is 2. The third kappa shape index (κ3) is 2.07. The zero-order valence-electron chi connectivity index (χ0n) is 11.6. The van der Waals surface area contributed by atoms with Gasteiger partial charge in [-0.05, 0) is 6.92 Å². The maximum Gasteiger partial charge on any atom is 0.409 e. The van der Waals surface area contributed by atoms with E-state index in [0.29, 0.717) is 4.90 Å². The Morgan fingerprint density at radius 1 is 1.36 bits per heavy atom. The fourth-order valence-electron chi connectivity index (χ4n) is 2.92. The van der Waals surface area contributed by atoms with Gasteiger partial charge in [-0.25, -0.2) is 0 Å². The number of hydrogen-bond donors (Lipinski definition) is 1. The van der Waals surface area contributed by atoms with Crippen LogP contribution in [0.4, 0.5) is 13.2 Å². The third-order valence-corrected chi connectivity index (χ3v) is 3.95. The van der Waals surface area contributed by atoms with Gasteiger partial charge in [-0.15, -0.1) is 0 Å². The molecule has 22 heavy (non-hydrogen) atoms. The minimum Gasteiger partial charge on any atom is -0.503 e. The minimum atomic E-state index is -4.60. The van der Waals surface area contributed by atoms with Crippen molar-refractivity contribution in [2.24, 2.45) is 0 Å². The molecule has 0 aromatic carbocycles. The van der Waals surface area contributed by atoms with E-state index in [1.54, 1.807) is 0 Å². The Bertz CT molecular complexity index is 698. The summed E-state index contributed by atoms with van der Waals surface area (Å²) in [6.45, 7) is 1.27. The lowest BCUT2D eigenvalue weighted by Gasteiger charge is -2.45. The van der Waals surface area contributed by atoms with Crippen molar-refractivity contribution in [2.45, 2.75) is 38.3 Å². The van der Waals surface area contributed by atoms with Crippen molar-refractivity contribution >= 4 is 5.91 Å². The van der Waals surface area contributed by atoms with Gasteiger partial charge in [0.1, 0.15) is 6.04 Å². The van der Waals surface area contributed by atoms with E-state index in [-0.39, 0.29) is 25.1 Å². The molecule has 1 aromatic heterocycles. The van der Waals surface area contributed by atoms with Crippen LogP contribution in [-0.4, -0.2) is 45.5 Å². The number of aromatic nitrogens is 1. The van der Waals surface area contributed by atoms with Gasteiger partial charge in [0.2, 0.25) is 5.43 Å². The number of alkyl halides is 3. The summed E-state index contributed by atoms with van der Waals surface area (Å²) in [5, 5.41) is 9.87. The molecule has 2 atom stereocenters. The molecule has 2 aliphatic rings. The summed E-state index contributed by atoms with van der Waals surface area (Å²) in [4.78, 5) is 24.7. The molecule has 6 nitrogen and oxygen atoms in total. The Kier molecular flexibility index (Phi) is 3.20. The number of pyridine rings is 1. The molecule has 0 unspecified atom stereocenters. The van der Waals surface area contributed by atoms with Gasteiger partial charge in [-0.2, -0.15) is 13.2 Å². The highest BCUT2D eigenvalue weighted by Gasteiger charge is 2.52. The lowest BCUT2D eigenvalue weighted by atomic mass is 10.1. The van der Waals surface area contributed by atoms with Crippen LogP contribution in [0.3, 0.4) is 0 Å². The average Bonchev–Trinajstić information content (AvgIpc) is 2.43. The molecule has 9 heteroatoms. The first-order valence-corrected chi connectivity index (χ1v) is 6.66. The Labute approximate surface area is 122 Å². The predicted molar refractivity (Wildman–Crippen MR) is 67.5 cm³/mol. The minimum absolute atomic E-state index is 0.0671. The van der Waals surface area contributed by atoms with Crippen LogP contribution >= 0.6 is 0 Å². The first kappa shape index (κ1) is 14.9. The molecule has 0 bridgehead atoms. The standard InChI is InChI=1S/C13H13F3N2O4/c1-6-4-17-5-8-18(7(2-3-22-8)13(14,15)16)12(21)9(17)11(20)10(6)19/h4,7-8,20H,2-3,5H2,1H3/t7-,8+/m0/s1. The van der Waals surface area contributed by atoms with E-state index in [1.165, 1.54) is 17.7 Å². The van der Waals surface area contributed by atoms with Crippen LogP contribution in [0.25, 0.3) is 0 Å². The molecule has 0 aliphatic carbocycles. The number of ether oxygens (including phenoxy) is 1. The van der Waals surface area contributed by atoms with Crippen molar-refractivity contribution in [3.63, 3.8) is 0 Å². The molecule has 1 aromatic rings. The SMILES string of the molecule is Cc1cn2c(c(O)c1=O)C(=O)N1[C@H](C(F)(F)F)CCO[C@@H]1C2. The van der Waals surface area contributed by atoms with Crippen LogP contribution in [0.1, 0.15) is 22.5 Å². The summed E-state index contributed by atoms with van der Waals surface area (Å²) in [5.41, 5.74) is -0.989. The van der Waals surface area contributed by atoms with Crippen molar-refractivity contribution in [1.82, 2.24) is 9.47 Å². The van der Waals surface area contributed by atoms with Crippen LogP contribution in [-0.2, 0) is 11.3 Å². The van der Waals surface area contributed by atoms with Crippen LogP contribution in [0.5, 0.6) is 5.75 Å². The van der Waals surface area contributed by atoms with Gasteiger partial charge in [-0.1, -0.05) is 0 Å². The molecular weight excluding hydrogens is 305 g/mol. The summed E-state index contributed by atoms with van der Waals surface area (Å²) in [6, 6.07) is -1.98. The molecule has 0 saturated carbocycles. The smallest absolute Gasteiger partial charge is 0.409 e. The number of aromatic hydroxyl groups is 1. The largest absolute Gasteiger partial charge is 0.503 e. The highest BCUT2D eigenvalue weighted by Crippen LogP contribution is 2.36. The zero-order chi connectivity index (χ0) is 16.2. The van der Waals surface area contributed by atoms with Crippen molar-refractivity contribution in [3.8, 4) is 5.75 Å². The molecule has 3 rings (SSSR count). The van der Waals surface area contributed by atoms with Crippen molar-refractivity contribution < 1.29 is 27.8 Å². The first-order valence-electron chi connectivity index (χ1n) is 6.66. The normalized spacial score (nSPS) is 24.9. The van der Waals surface area contributed by atoms with E-state index in [2.05, 4.69) is 0 Å². The maximum atomic E-state index is 13.1. The maximum absolute atomic E-state index is 13.1. The van der Waals surface area contributed by atoms with E-state index >= 15 is 0 Å². The van der Waals surface area contributed by atoms with Crippen molar-refractivity contribution in [2.75, 3.05) is 6.61 Å². The fraction of sp³-hybridized carbons (Fsp3) is 0.538. The second kappa shape index (κ2) is 4.73. The number of rotatable bonds is 0. The Balaban J connectivity index is 2.13. The summed E-state index contributed by atoms with van der Waals surface area (Å²) in [7, 11) is 0. The van der Waals surface area contributed by atoms with Crippen LogP contribution in [0.15, 0.2) is 11.0 Å². The van der Waals surface area contributed by atoms with E-state index in [0.717, 1.165) is 0 Å². The third-order valence-electron chi connectivity index (χ3n) is 3.95. The zero-order valence-corrected chi connectivity index (χ0v) is 11.6.